The van der Waals surface area contributed by atoms with Crippen LogP contribution in [0, 0.1) is 5.41 Å². The number of hydrogen-bond acceptors (Lipinski definition) is 6. The SMILES string of the molecule is CC(O)(CNC(=O)C1(CNC(=O)OCC2c3ccccc3-c3ccccc32)CCOCC1)C(=O)O. The summed E-state index contributed by atoms with van der Waals surface area (Å²) in [6.07, 6.45) is 0.0538. The molecule has 9 heteroatoms. The first-order valence-electron chi connectivity index (χ1n) is 11.6. The summed E-state index contributed by atoms with van der Waals surface area (Å²) in [6, 6.07) is 16.1. The number of carboxylic acid groups (broad SMARTS) is 1. The van der Waals surface area contributed by atoms with E-state index in [4.69, 9.17) is 14.6 Å². The molecule has 1 fully saturated rings. The Morgan fingerprint density at radius 3 is 2.17 bits per heavy atom. The number of fused-ring (bicyclic) bond motifs is 3. The second kappa shape index (κ2) is 10.1. The van der Waals surface area contributed by atoms with Crippen LogP contribution < -0.4 is 10.6 Å². The molecule has 0 spiro atoms. The number of nitrogens with one attached hydrogen (secondary N) is 2. The lowest BCUT2D eigenvalue weighted by molar-refractivity contribution is -0.157. The first-order valence-corrected chi connectivity index (χ1v) is 11.6. The minimum atomic E-state index is -2.09. The van der Waals surface area contributed by atoms with Crippen LogP contribution in [0.4, 0.5) is 4.79 Å². The van der Waals surface area contributed by atoms with Crippen molar-refractivity contribution in [3.63, 3.8) is 0 Å². The fraction of sp³-hybridized carbons (Fsp3) is 0.423. The van der Waals surface area contributed by atoms with Crippen LogP contribution in [0.1, 0.15) is 36.8 Å². The molecule has 2 aromatic carbocycles. The van der Waals surface area contributed by atoms with Crippen LogP contribution >= 0.6 is 0 Å². The van der Waals surface area contributed by atoms with E-state index in [9.17, 15) is 19.5 Å². The van der Waals surface area contributed by atoms with Crippen molar-refractivity contribution >= 4 is 18.0 Å². The Labute approximate surface area is 203 Å². The van der Waals surface area contributed by atoms with Crippen LogP contribution in [0.5, 0.6) is 0 Å². The highest BCUT2D eigenvalue weighted by molar-refractivity contribution is 5.85. The van der Waals surface area contributed by atoms with Gasteiger partial charge in [-0.2, -0.15) is 0 Å². The van der Waals surface area contributed by atoms with Crippen LogP contribution in [0.2, 0.25) is 0 Å². The summed E-state index contributed by atoms with van der Waals surface area (Å²) in [7, 11) is 0. The number of aliphatic hydroxyl groups is 1. The Morgan fingerprint density at radius 1 is 1.03 bits per heavy atom. The number of amides is 2. The number of hydrogen-bond donors (Lipinski definition) is 4. The highest BCUT2D eigenvalue weighted by Gasteiger charge is 2.42. The van der Waals surface area contributed by atoms with Crippen molar-refractivity contribution < 1.29 is 34.1 Å². The molecule has 0 saturated carbocycles. The third kappa shape index (κ3) is 5.16. The second-order valence-electron chi connectivity index (χ2n) is 9.33. The minimum Gasteiger partial charge on any atom is -0.479 e. The van der Waals surface area contributed by atoms with Gasteiger partial charge >= 0.3 is 12.1 Å². The zero-order valence-electron chi connectivity index (χ0n) is 19.6. The summed E-state index contributed by atoms with van der Waals surface area (Å²) in [5.41, 5.74) is 1.39. The zero-order valence-corrected chi connectivity index (χ0v) is 19.6. The Balaban J connectivity index is 1.37. The van der Waals surface area contributed by atoms with Crippen molar-refractivity contribution in [1.29, 1.82) is 0 Å². The Hall–Kier alpha value is -3.43. The number of carboxylic acids is 1. The van der Waals surface area contributed by atoms with Gasteiger partial charge in [-0.05, 0) is 42.0 Å². The molecule has 1 saturated heterocycles. The van der Waals surface area contributed by atoms with Crippen molar-refractivity contribution in [2.24, 2.45) is 5.41 Å². The molecule has 9 nitrogen and oxygen atoms in total. The van der Waals surface area contributed by atoms with Gasteiger partial charge in [-0.15, -0.1) is 0 Å². The third-order valence-corrected chi connectivity index (χ3v) is 6.90. The van der Waals surface area contributed by atoms with E-state index in [2.05, 4.69) is 22.8 Å². The molecule has 2 aromatic rings. The number of alkyl carbamates (subject to hydrolysis) is 1. The zero-order chi connectivity index (χ0) is 25.1. The third-order valence-electron chi connectivity index (χ3n) is 6.90. The van der Waals surface area contributed by atoms with Crippen molar-refractivity contribution in [3.8, 4) is 11.1 Å². The molecule has 0 aromatic heterocycles. The van der Waals surface area contributed by atoms with Gasteiger partial charge in [0.1, 0.15) is 6.61 Å². The average Bonchev–Trinajstić information content (AvgIpc) is 3.19. The van der Waals surface area contributed by atoms with Gasteiger partial charge in [-0.3, -0.25) is 4.79 Å². The molecule has 0 bridgehead atoms. The first-order chi connectivity index (χ1) is 16.7. The van der Waals surface area contributed by atoms with E-state index in [1.807, 2.05) is 36.4 Å². The maximum Gasteiger partial charge on any atom is 0.407 e. The van der Waals surface area contributed by atoms with Gasteiger partial charge in [0.2, 0.25) is 5.91 Å². The van der Waals surface area contributed by atoms with Crippen LogP contribution in [0.15, 0.2) is 48.5 Å². The summed E-state index contributed by atoms with van der Waals surface area (Å²) < 4.78 is 10.9. The second-order valence-corrected chi connectivity index (χ2v) is 9.33. The van der Waals surface area contributed by atoms with Gasteiger partial charge < -0.3 is 30.3 Å². The molecule has 2 aliphatic rings. The molecule has 1 aliphatic carbocycles. The monoisotopic (exact) mass is 482 g/mol. The van der Waals surface area contributed by atoms with E-state index in [0.717, 1.165) is 29.2 Å². The Morgan fingerprint density at radius 2 is 1.60 bits per heavy atom. The van der Waals surface area contributed by atoms with E-state index in [1.54, 1.807) is 0 Å². The lowest BCUT2D eigenvalue weighted by atomic mass is 9.79. The fourth-order valence-electron chi connectivity index (χ4n) is 4.65. The topological polar surface area (TPSA) is 134 Å². The molecule has 4 rings (SSSR count). The van der Waals surface area contributed by atoms with Crippen LogP contribution in [0.3, 0.4) is 0 Å². The largest absolute Gasteiger partial charge is 0.479 e. The summed E-state index contributed by atoms with van der Waals surface area (Å²) in [4.78, 5) is 36.7. The van der Waals surface area contributed by atoms with Crippen molar-refractivity contribution in [1.82, 2.24) is 10.6 Å². The number of rotatable bonds is 8. The number of carbonyl (C=O) groups is 3. The van der Waals surface area contributed by atoms with E-state index in [0.29, 0.717) is 26.1 Å². The summed E-state index contributed by atoms with van der Waals surface area (Å²) in [6.45, 7) is 1.48. The van der Waals surface area contributed by atoms with E-state index in [1.165, 1.54) is 0 Å². The smallest absolute Gasteiger partial charge is 0.407 e. The fourth-order valence-corrected chi connectivity index (χ4v) is 4.65. The number of carbonyl (C=O) groups excluding carboxylic acids is 2. The van der Waals surface area contributed by atoms with Crippen LogP contribution in [0.25, 0.3) is 11.1 Å². The first kappa shape index (κ1) is 24.7. The molecular weight excluding hydrogens is 452 g/mol. The van der Waals surface area contributed by atoms with E-state index in [-0.39, 0.29) is 19.1 Å². The summed E-state index contributed by atoms with van der Waals surface area (Å²) >= 11 is 0. The molecule has 1 heterocycles. The molecule has 1 atom stereocenters. The normalized spacial score (nSPS) is 18.0. The standard InChI is InChI=1S/C26H30N2O7/c1-25(33,23(30)31)15-27-22(29)26(10-12-34-13-11-26)16-28-24(32)35-14-21-19-8-4-2-6-17(19)18-7-3-5-9-20(18)21/h2-9,21,33H,10-16H2,1H3,(H,27,29)(H,28,32)(H,30,31). The Bertz CT molecular complexity index is 1060. The average molecular weight is 483 g/mol. The van der Waals surface area contributed by atoms with E-state index < -0.39 is 35.5 Å². The minimum absolute atomic E-state index is 0.00802. The summed E-state index contributed by atoms with van der Waals surface area (Å²) in [5, 5.41) is 24.2. The van der Waals surface area contributed by atoms with Gasteiger partial charge in [-0.1, -0.05) is 48.5 Å². The van der Waals surface area contributed by atoms with Crippen molar-refractivity contribution in [2.45, 2.75) is 31.3 Å². The van der Waals surface area contributed by atoms with Crippen LogP contribution in [-0.4, -0.2) is 66.7 Å². The van der Waals surface area contributed by atoms with Gasteiger partial charge in [0.15, 0.2) is 5.60 Å². The van der Waals surface area contributed by atoms with Crippen molar-refractivity contribution in [2.75, 3.05) is 32.9 Å². The van der Waals surface area contributed by atoms with E-state index >= 15 is 0 Å². The van der Waals surface area contributed by atoms with Gasteiger partial charge in [-0.25, -0.2) is 9.59 Å². The predicted octanol–water partition coefficient (Wildman–Crippen LogP) is 2.27. The predicted molar refractivity (Wildman–Crippen MR) is 127 cm³/mol. The lowest BCUT2D eigenvalue weighted by Crippen LogP contribution is -2.55. The maximum atomic E-state index is 13.0. The molecule has 35 heavy (non-hydrogen) atoms. The highest BCUT2D eigenvalue weighted by atomic mass is 16.5. The Kier molecular flexibility index (Phi) is 7.09. The maximum absolute atomic E-state index is 13.0. The van der Waals surface area contributed by atoms with Crippen LogP contribution in [-0.2, 0) is 19.1 Å². The molecular formula is C26H30N2O7. The quantitative estimate of drug-likeness (QED) is 0.453. The highest BCUT2D eigenvalue weighted by Crippen LogP contribution is 2.44. The molecule has 1 aliphatic heterocycles. The summed E-state index contributed by atoms with van der Waals surface area (Å²) in [5.74, 6) is -1.95. The van der Waals surface area contributed by atoms with Crippen molar-refractivity contribution in [3.05, 3.63) is 59.7 Å². The number of ether oxygens (including phenoxy) is 2. The van der Waals surface area contributed by atoms with Gasteiger partial charge in [0.25, 0.3) is 0 Å². The lowest BCUT2D eigenvalue weighted by Gasteiger charge is -2.36. The molecule has 1 unspecified atom stereocenters. The molecule has 4 N–H and O–H groups in total. The number of benzene rings is 2. The molecule has 2 amide bonds. The molecule has 0 radical (unpaired) electrons. The van der Waals surface area contributed by atoms with Gasteiger partial charge in [0, 0.05) is 25.7 Å². The molecule has 186 valence electrons. The number of aliphatic carboxylic acids is 1. The van der Waals surface area contributed by atoms with Gasteiger partial charge in [0.05, 0.1) is 12.0 Å².